The Morgan fingerprint density at radius 1 is 1.56 bits per heavy atom. The van der Waals surface area contributed by atoms with Gasteiger partial charge >= 0.3 is 0 Å². The van der Waals surface area contributed by atoms with Gasteiger partial charge in [0.25, 0.3) is 0 Å². The Bertz CT molecular complexity index is 378. The van der Waals surface area contributed by atoms with E-state index in [4.69, 9.17) is 4.74 Å². The average molecular weight is 285 g/mol. The van der Waals surface area contributed by atoms with Gasteiger partial charge in [0, 0.05) is 16.5 Å². The molecule has 1 aliphatic heterocycles. The third-order valence-corrected chi connectivity index (χ3v) is 3.84. The molecule has 0 bridgehead atoms. The first-order valence-electron chi connectivity index (χ1n) is 5.76. The summed E-state index contributed by atoms with van der Waals surface area (Å²) in [6, 6.07) is 5.80. The fourth-order valence-corrected chi connectivity index (χ4v) is 2.40. The number of benzene rings is 1. The molecule has 0 amide bonds. The highest BCUT2D eigenvalue weighted by Gasteiger charge is 2.29. The van der Waals surface area contributed by atoms with Gasteiger partial charge in [-0.2, -0.15) is 0 Å². The van der Waals surface area contributed by atoms with Crippen molar-refractivity contribution in [1.82, 2.24) is 0 Å². The second-order valence-corrected chi connectivity index (χ2v) is 5.39. The fourth-order valence-electron chi connectivity index (χ4n) is 2.06. The Morgan fingerprint density at radius 3 is 3.00 bits per heavy atom. The lowest BCUT2D eigenvalue weighted by Crippen LogP contribution is -2.31. The molecule has 16 heavy (non-hydrogen) atoms. The van der Waals surface area contributed by atoms with Crippen molar-refractivity contribution in [3.8, 4) is 5.75 Å². The molecule has 2 nitrogen and oxygen atoms in total. The minimum absolute atomic E-state index is 0.127. The Hall–Kier alpha value is -0.540. The Balaban J connectivity index is 2.27. The molecule has 3 unspecified atom stereocenters. The first-order valence-corrected chi connectivity index (χ1v) is 6.55. The van der Waals surface area contributed by atoms with E-state index in [0.717, 1.165) is 22.2 Å². The number of halogens is 1. The zero-order chi connectivity index (χ0) is 11.7. The zero-order valence-electron chi connectivity index (χ0n) is 9.61. The van der Waals surface area contributed by atoms with Gasteiger partial charge in [0.15, 0.2) is 0 Å². The smallest absolute Gasteiger partial charge is 0.126 e. The van der Waals surface area contributed by atoms with E-state index in [2.05, 4.69) is 29.8 Å². The Labute approximate surface area is 105 Å². The first kappa shape index (κ1) is 11.9. The van der Waals surface area contributed by atoms with Gasteiger partial charge < -0.3 is 9.84 Å². The van der Waals surface area contributed by atoms with Gasteiger partial charge in [0.05, 0.1) is 6.10 Å². The van der Waals surface area contributed by atoms with E-state index in [0.29, 0.717) is 12.3 Å². The lowest BCUT2D eigenvalue weighted by atomic mass is 9.91. The molecule has 1 aromatic rings. The number of aliphatic hydroxyl groups excluding tert-OH is 1. The van der Waals surface area contributed by atoms with Crippen molar-refractivity contribution in [3.05, 3.63) is 28.2 Å². The molecule has 1 aromatic carbocycles. The van der Waals surface area contributed by atoms with E-state index in [1.807, 2.05) is 18.2 Å². The van der Waals surface area contributed by atoms with Crippen LogP contribution in [0, 0.1) is 5.92 Å². The maximum absolute atomic E-state index is 10.1. The molecule has 1 heterocycles. The van der Waals surface area contributed by atoms with Crippen molar-refractivity contribution in [1.29, 1.82) is 0 Å². The largest absolute Gasteiger partial charge is 0.490 e. The van der Waals surface area contributed by atoms with Crippen LogP contribution in [0.15, 0.2) is 22.7 Å². The monoisotopic (exact) mass is 284 g/mol. The number of fused-ring (bicyclic) bond motifs is 1. The summed E-state index contributed by atoms with van der Waals surface area (Å²) in [5, 5.41) is 10.1. The van der Waals surface area contributed by atoms with Crippen molar-refractivity contribution in [2.45, 2.75) is 38.9 Å². The van der Waals surface area contributed by atoms with Crippen LogP contribution in [0.25, 0.3) is 0 Å². The maximum Gasteiger partial charge on any atom is 0.126 e. The molecule has 0 saturated heterocycles. The van der Waals surface area contributed by atoms with Gasteiger partial charge in [-0.1, -0.05) is 42.3 Å². The molecular weight excluding hydrogens is 268 g/mol. The molecule has 3 atom stereocenters. The quantitative estimate of drug-likeness (QED) is 0.898. The maximum atomic E-state index is 10.1. The van der Waals surface area contributed by atoms with Crippen LogP contribution in [0.3, 0.4) is 0 Å². The molecule has 0 aliphatic carbocycles. The summed E-state index contributed by atoms with van der Waals surface area (Å²) in [6.07, 6.45) is 1.50. The second-order valence-electron chi connectivity index (χ2n) is 4.48. The number of aliphatic hydroxyl groups is 1. The molecule has 3 heteroatoms. The van der Waals surface area contributed by atoms with Gasteiger partial charge in [0.1, 0.15) is 11.9 Å². The van der Waals surface area contributed by atoms with Crippen molar-refractivity contribution in [2.75, 3.05) is 0 Å². The number of ether oxygens (including phenoxy) is 1. The third-order valence-electron chi connectivity index (χ3n) is 3.35. The van der Waals surface area contributed by atoms with E-state index in [9.17, 15) is 5.11 Å². The molecule has 0 aromatic heterocycles. The van der Waals surface area contributed by atoms with Gasteiger partial charge in [-0.3, -0.25) is 0 Å². The van der Waals surface area contributed by atoms with Gasteiger partial charge in [-0.05, 0) is 18.1 Å². The summed E-state index contributed by atoms with van der Waals surface area (Å²) in [6.45, 7) is 4.32. The SMILES string of the molecule is CCC(C)C1CC(O)c2ccc(Br)cc2O1. The van der Waals surface area contributed by atoms with Crippen molar-refractivity contribution < 1.29 is 9.84 Å². The Kier molecular flexibility index (Phi) is 3.55. The zero-order valence-corrected chi connectivity index (χ0v) is 11.2. The van der Waals surface area contributed by atoms with Crippen LogP contribution < -0.4 is 4.74 Å². The molecule has 0 fully saturated rings. The van der Waals surface area contributed by atoms with Crippen LogP contribution in [-0.4, -0.2) is 11.2 Å². The molecule has 88 valence electrons. The summed E-state index contributed by atoms with van der Waals surface area (Å²) < 4.78 is 6.93. The third kappa shape index (κ3) is 2.25. The first-order chi connectivity index (χ1) is 7.61. The summed E-state index contributed by atoms with van der Waals surface area (Å²) in [5.41, 5.74) is 0.905. The predicted octanol–water partition coefficient (Wildman–Crippen LogP) is 3.68. The number of hydrogen-bond acceptors (Lipinski definition) is 2. The van der Waals surface area contributed by atoms with Crippen LogP contribution >= 0.6 is 15.9 Å². The van der Waals surface area contributed by atoms with Gasteiger partial charge in [-0.25, -0.2) is 0 Å². The van der Waals surface area contributed by atoms with Crippen molar-refractivity contribution in [2.24, 2.45) is 5.92 Å². The van der Waals surface area contributed by atoms with Crippen molar-refractivity contribution in [3.63, 3.8) is 0 Å². The summed E-state index contributed by atoms with van der Waals surface area (Å²) in [5.74, 6) is 1.29. The normalized spacial score (nSPS) is 25.8. The molecule has 1 N–H and O–H groups in total. The minimum Gasteiger partial charge on any atom is -0.490 e. The fraction of sp³-hybridized carbons (Fsp3) is 0.538. The molecule has 1 aliphatic rings. The van der Waals surface area contributed by atoms with E-state index >= 15 is 0 Å². The summed E-state index contributed by atoms with van der Waals surface area (Å²) in [4.78, 5) is 0. The standard InChI is InChI=1S/C13H17BrO2/c1-3-8(2)12-7-11(15)10-5-4-9(14)6-13(10)16-12/h4-6,8,11-12,15H,3,7H2,1-2H3. The average Bonchev–Trinajstić information content (AvgIpc) is 2.27. The minimum atomic E-state index is -0.393. The van der Waals surface area contributed by atoms with Gasteiger partial charge in [0.2, 0.25) is 0 Å². The molecule has 0 radical (unpaired) electrons. The van der Waals surface area contributed by atoms with Crippen LogP contribution in [-0.2, 0) is 0 Å². The predicted molar refractivity (Wildman–Crippen MR) is 67.6 cm³/mol. The molecular formula is C13H17BrO2. The topological polar surface area (TPSA) is 29.5 Å². The lowest BCUT2D eigenvalue weighted by molar-refractivity contribution is 0.0375. The van der Waals surface area contributed by atoms with Crippen LogP contribution in [0.1, 0.15) is 38.4 Å². The highest BCUT2D eigenvalue weighted by molar-refractivity contribution is 9.10. The highest BCUT2D eigenvalue weighted by atomic mass is 79.9. The van der Waals surface area contributed by atoms with Crippen LogP contribution in [0.2, 0.25) is 0 Å². The lowest BCUT2D eigenvalue weighted by Gasteiger charge is -2.33. The second kappa shape index (κ2) is 4.76. The van der Waals surface area contributed by atoms with Crippen LogP contribution in [0.4, 0.5) is 0 Å². The van der Waals surface area contributed by atoms with E-state index < -0.39 is 6.10 Å². The van der Waals surface area contributed by atoms with Gasteiger partial charge in [-0.15, -0.1) is 0 Å². The molecule has 0 spiro atoms. The Morgan fingerprint density at radius 2 is 2.31 bits per heavy atom. The number of hydrogen-bond donors (Lipinski definition) is 1. The van der Waals surface area contributed by atoms with E-state index in [-0.39, 0.29) is 6.10 Å². The molecule has 0 saturated carbocycles. The molecule has 2 rings (SSSR count). The van der Waals surface area contributed by atoms with Crippen molar-refractivity contribution >= 4 is 15.9 Å². The highest BCUT2D eigenvalue weighted by Crippen LogP contribution is 2.38. The van der Waals surface area contributed by atoms with E-state index in [1.165, 1.54) is 0 Å². The van der Waals surface area contributed by atoms with E-state index in [1.54, 1.807) is 0 Å². The van der Waals surface area contributed by atoms with Crippen LogP contribution in [0.5, 0.6) is 5.75 Å². The summed E-state index contributed by atoms with van der Waals surface area (Å²) >= 11 is 3.42. The number of rotatable bonds is 2. The summed E-state index contributed by atoms with van der Waals surface area (Å²) in [7, 11) is 0.